The fourth-order valence-corrected chi connectivity index (χ4v) is 3.09. The van der Waals surface area contributed by atoms with Crippen molar-refractivity contribution in [3.05, 3.63) is 83.7 Å². The molecule has 1 amide bonds. The van der Waals surface area contributed by atoms with E-state index < -0.39 is 0 Å². The van der Waals surface area contributed by atoms with Crippen LogP contribution in [0.4, 0.5) is 0 Å². The van der Waals surface area contributed by atoms with Crippen molar-refractivity contribution < 1.29 is 9.53 Å². The number of aromatic nitrogens is 2. The largest absolute Gasteiger partial charge is 0.489 e. The minimum Gasteiger partial charge on any atom is -0.489 e. The molecule has 1 aliphatic rings. The van der Waals surface area contributed by atoms with Crippen LogP contribution in [0, 0.1) is 0 Å². The predicted octanol–water partition coefficient (Wildman–Crippen LogP) is 3.20. The number of amides is 1. The van der Waals surface area contributed by atoms with Gasteiger partial charge in [0.15, 0.2) is 0 Å². The first kappa shape index (κ1) is 16.4. The van der Waals surface area contributed by atoms with Gasteiger partial charge in [0.2, 0.25) is 5.91 Å². The number of ether oxygens (including phenoxy) is 1. The number of hydrogen-bond donors (Lipinski definition) is 2. The van der Waals surface area contributed by atoms with E-state index in [0.717, 1.165) is 23.4 Å². The van der Waals surface area contributed by atoms with Crippen LogP contribution in [0.1, 0.15) is 29.2 Å². The molecule has 1 aliphatic carbocycles. The molecule has 5 heteroatoms. The molecular weight excluding hydrogens is 326 g/mol. The molecule has 0 saturated heterocycles. The summed E-state index contributed by atoms with van der Waals surface area (Å²) in [7, 11) is 0. The maximum atomic E-state index is 12.0. The van der Waals surface area contributed by atoms with Crippen molar-refractivity contribution >= 4 is 5.91 Å². The highest BCUT2D eigenvalue weighted by atomic mass is 16.5. The van der Waals surface area contributed by atoms with Crippen molar-refractivity contribution in [3.63, 3.8) is 0 Å². The average molecular weight is 347 g/mol. The van der Waals surface area contributed by atoms with Crippen molar-refractivity contribution in [3.8, 4) is 5.75 Å². The lowest BCUT2D eigenvalue weighted by atomic mass is 10.1. The summed E-state index contributed by atoms with van der Waals surface area (Å²) in [5.41, 5.74) is 3.22. The van der Waals surface area contributed by atoms with Crippen molar-refractivity contribution in [2.45, 2.75) is 31.4 Å². The molecule has 132 valence electrons. The van der Waals surface area contributed by atoms with E-state index in [4.69, 9.17) is 4.74 Å². The molecule has 1 fully saturated rings. The first-order chi connectivity index (χ1) is 12.8. The van der Waals surface area contributed by atoms with E-state index in [1.807, 2.05) is 36.4 Å². The number of hydrogen-bond acceptors (Lipinski definition) is 3. The SMILES string of the molecule is O=C(Cc1ccn[nH]1)N[C@H]1C[C@@H]1c1ccc(OCc2ccccc2)cc1. The molecule has 0 radical (unpaired) electrons. The fourth-order valence-electron chi connectivity index (χ4n) is 3.09. The number of carbonyl (C=O) groups is 1. The van der Waals surface area contributed by atoms with Gasteiger partial charge in [-0.05, 0) is 35.7 Å². The minimum atomic E-state index is 0.0320. The molecule has 0 spiro atoms. The Labute approximate surface area is 152 Å². The summed E-state index contributed by atoms with van der Waals surface area (Å²) in [5.74, 6) is 1.28. The van der Waals surface area contributed by atoms with Gasteiger partial charge in [0.25, 0.3) is 0 Å². The molecule has 1 aromatic heterocycles. The summed E-state index contributed by atoms with van der Waals surface area (Å²) in [6.07, 6.45) is 2.98. The minimum absolute atomic E-state index is 0.0320. The monoisotopic (exact) mass is 347 g/mol. The zero-order valence-corrected chi connectivity index (χ0v) is 14.4. The van der Waals surface area contributed by atoms with E-state index in [2.05, 4.69) is 39.8 Å². The van der Waals surface area contributed by atoms with Gasteiger partial charge >= 0.3 is 0 Å². The zero-order valence-electron chi connectivity index (χ0n) is 14.4. The second kappa shape index (κ2) is 7.44. The second-order valence-electron chi connectivity index (χ2n) is 6.62. The zero-order chi connectivity index (χ0) is 17.8. The van der Waals surface area contributed by atoms with Gasteiger partial charge < -0.3 is 10.1 Å². The van der Waals surface area contributed by atoms with Crippen LogP contribution in [-0.2, 0) is 17.8 Å². The van der Waals surface area contributed by atoms with E-state index in [1.165, 1.54) is 5.56 Å². The number of aromatic amines is 1. The van der Waals surface area contributed by atoms with Gasteiger partial charge in [-0.25, -0.2) is 0 Å². The van der Waals surface area contributed by atoms with E-state index in [9.17, 15) is 4.79 Å². The van der Waals surface area contributed by atoms with Gasteiger partial charge in [0, 0.05) is 23.9 Å². The van der Waals surface area contributed by atoms with Crippen LogP contribution in [0.2, 0.25) is 0 Å². The van der Waals surface area contributed by atoms with E-state index in [-0.39, 0.29) is 11.9 Å². The maximum absolute atomic E-state index is 12.0. The van der Waals surface area contributed by atoms with E-state index in [0.29, 0.717) is 18.9 Å². The first-order valence-electron chi connectivity index (χ1n) is 8.82. The van der Waals surface area contributed by atoms with Crippen LogP contribution < -0.4 is 10.1 Å². The van der Waals surface area contributed by atoms with Gasteiger partial charge in [0.05, 0.1) is 6.42 Å². The number of carbonyl (C=O) groups excluding carboxylic acids is 1. The third kappa shape index (κ3) is 4.11. The molecule has 0 unspecified atom stereocenters. The van der Waals surface area contributed by atoms with Gasteiger partial charge in [-0.2, -0.15) is 5.10 Å². The number of benzene rings is 2. The summed E-state index contributed by atoms with van der Waals surface area (Å²) in [4.78, 5) is 12.0. The molecule has 0 aliphatic heterocycles. The van der Waals surface area contributed by atoms with E-state index >= 15 is 0 Å². The van der Waals surface area contributed by atoms with Crippen LogP contribution in [0.15, 0.2) is 66.9 Å². The van der Waals surface area contributed by atoms with Crippen molar-refractivity contribution in [2.75, 3.05) is 0 Å². The number of rotatable bonds is 7. The highest BCUT2D eigenvalue weighted by Gasteiger charge is 2.39. The molecule has 2 N–H and O–H groups in total. The molecular formula is C21H21N3O2. The second-order valence-corrected chi connectivity index (χ2v) is 6.62. The van der Waals surface area contributed by atoms with E-state index in [1.54, 1.807) is 6.20 Å². The van der Waals surface area contributed by atoms with Crippen LogP contribution in [-0.4, -0.2) is 22.1 Å². The average Bonchev–Trinajstić information content (AvgIpc) is 3.23. The van der Waals surface area contributed by atoms with Crippen molar-refractivity contribution in [1.29, 1.82) is 0 Å². The Bertz CT molecular complexity index is 845. The molecule has 3 aromatic rings. The highest BCUT2D eigenvalue weighted by molar-refractivity contribution is 5.79. The molecule has 1 saturated carbocycles. The van der Waals surface area contributed by atoms with Gasteiger partial charge in [-0.3, -0.25) is 9.89 Å². The van der Waals surface area contributed by atoms with Gasteiger partial charge in [-0.15, -0.1) is 0 Å². The highest BCUT2D eigenvalue weighted by Crippen LogP contribution is 2.41. The van der Waals surface area contributed by atoms with Crippen LogP contribution in [0.25, 0.3) is 0 Å². The normalized spacial score (nSPS) is 18.3. The fraction of sp³-hybridized carbons (Fsp3) is 0.238. The topological polar surface area (TPSA) is 67.0 Å². The van der Waals surface area contributed by atoms with Crippen LogP contribution >= 0.6 is 0 Å². The lowest BCUT2D eigenvalue weighted by Crippen LogP contribution is -2.28. The Morgan fingerprint density at radius 3 is 2.65 bits per heavy atom. The number of nitrogens with zero attached hydrogens (tertiary/aromatic N) is 1. The summed E-state index contributed by atoms with van der Waals surface area (Å²) in [6.45, 7) is 0.565. The van der Waals surface area contributed by atoms with Crippen LogP contribution in [0.5, 0.6) is 5.75 Å². The molecule has 2 atom stereocenters. The van der Waals surface area contributed by atoms with Crippen LogP contribution in [0.3, 0.4) is 0 Å². The summed E-state index contributed by atoms with van der Waals surface area (Å²) >= 11 is 0. The number of nitrogens with one attached hydrogen (secondary N) is 2. The smallest absolute Gasteiger partial charge is 0.226 e. The lowest BCUT2D eigenvalue weighted by Gasteiger charge is -2.08. The van der Waals surface area contributed by atoms with Gasteiger partial charge in [-0.1, -0.05) is 42.5 Å². The predicted molar refractivity (Wildman–Crippen MR) is 98.8 cm³/mol. The van der Waals surface area contributed by atoms with Gasteiger partial charge in [0.1, 0.15) is 12.4 Å². The first-order valence-corrected chi connectivity index (χ1v) is 8.82. The molecule has 26 heavy (non-hydrogen) atoms. The third-order valence-electron chi connectivity index (χ3n) is 4.60. The molecule has 2 aromatic carbocycles. The summed E-state index contributed by atoms with van der Waals surface area (Å²) in [6, 6.07) is 20.3. The van der Waals surface area contributed by atoms with Crippen molar-refractivity contribution in [2.24, 2.45) is 0 Å². The molecule has 0 bridgehead atoms. The Morgan fingerprint density at radius 1 is 1.12 bits per heavy atom. The Hall–Kier alpha value is -3.08. The standard InChI is InChI=1S/C21H21N3O2/c25-21(12-17-10-11-22-24-17)23-20-13-19(20)16-6-8-18(9-7-16)26-14-15-4-2-1-3-5-15/h1-11,19-20H,12-14H2,(H,22,24)(H,23,25)/t19-,20+/m1/s1. The molecule has 4 rings (SSSR count). The Morgan fingerprint density at radius 2 is 1.92 bits per heavy atom. The molecule has 5 nitrogen and oxygen atoms in total. The third-order valence-corrected chi connectivity index (χ3v) is 4.60. The Kier molecular flexibility index (Phi) is 4.69. The summed E-state index contributed by atoms with van der Waals surface area (Å²) < 4.78 is 5.82. The Balaban J connectivity index is 1.26. The quantitative estimate of drug-likeness (QED) is 0.690. The molecule has 1 heterocycles. The lowest BCUT2D eigenvalue weighted by molar-refractivity contribution is -0.120. The van der Waals surface area contributed by atoms with Crippen molar-refractivity contribution in [1.82, 2.24) is 15.5 Å². The summed E-state index contributed by atoms with van der Waals surface area (Å²) in [5, 5.41) is 9.75. The number of H-pyrrole nitrogens is 1. The maximum Gasteiger partial charge on any atom is 0.226 e.